The third-order valence-electron chi connectivity index (χ3n) is 2.43. The lowest BCUT2D eigenvalue weighted by molar-refractivity contribution is 0.0962. The van der Waals surface area contributed by atoms with E-state index in [0.717, 1.165) is 11.3 Å². The van der Waals surface area contributed by atoms with Crippen molar-refractivity contribution in [2.75, 3.05) is 7.05 Å². The Morgan fingerprint density at radius 3 is 2.78 bits per heavy atom. The summed E-state index contributed by atoms with van der Waals surface area (Å²) in [7, 11) is 1.58. The van der Waals surface area contributed by atoms with E-state index in [0.29, 0.717) is 11.3 Å². The number of aromatic nitrogens is 1. The molecule has 18 heavy (non-hydrogen) atoms. The summed E-state index contributed by atoms with van der Waals surface area (Å²) in [5.74, 6) is 1.09. The lowest BCUT2D eigenvalue weighted by atomic mass is 10.2. The fourth-order valence-electron chi connectivity index (χ4n) is 1.56. The van der Waals surface area contributed by atoms with Gasteiger partial charge in [-0.3, -0.25) is 9.78 Å². The van der Waals surface area contributed by atoms with Crippen molar-refractivity contribution in [3.8, 4) is 11.5 Å². The molecule has 0 aliphatic carbocycles. The molecule has 1 aromatic heterocycles. The molecule has 0 bridgehead atoms. The number of benzene rings is 1. The number of ether oxygens (including phenoxy) is 1. The van der Waals surface area contributed by atoms with Gasteiger partial charge in [0, 0.05) is 13.2 Å². The Kier molecular flexibility index (Phi) is 3.57. The van der Waals surface area contributed by atoms with Gasteiger partial charge in [-0.15, -0.1) is 0 Å². The summed E-state index contributed by atoms with van der Waals surface area (Å²) >= 11 is 0. The average molecular weight is 242 g/mol. The minimum Gasteiger partial charge on any atom is -0.456 e. The van der Waals surface area contributed by atoms with Crippen LogP contribution in [0.15, 0.2) is 42.7 Å². The van der Waals surface area contributed by atoms with Crippen LogP contribution in [-0.4, -0.2) is 17.9 Å². The maximum atomic E-state index is 11.5. The molecule has 0 fully saturated rings. The Bertz CT molecular complexity index is 567. The summed E-state index contributed by atoms with van der Waals surface area (Å²) in [5, 5.41) is 2.55. The third-order valence-corrected chi connectivity index (χ3v) is 2.43. The van der Waals surface area contributed by atoms with E-state index in [2.05, 4.69) is 10.3 Å². The highest BCUT2D eigenvalue weighted by molar-refractivity contribution is 5.93. The van der Waals surface area contributed by atoms with E-state index >= 15 is 0 Å². The smallest absolute Gasteiger partial charge is 0.252 e. The number of aryl methyl sites for hydroxylation is 1. The monoisotopic (exact) mass is 242 g/mol. The van der Waals surface area contributed by atoms with Crippen molar-refractivity contribution in [3.05, 3.63) is 53.9 Å². The molecule has 92 valence electrons. The topological polar surface area (TPSA) is 51.2 Å². The number of hydrogen-bond donors (Lipinski definition) is 1. The standard InChI is InChI=1S/C14H14N2O2/c1-10-4-3-5-12(6-10)18-13-7-11(8-16-9-13)14(17)15-2/h3-9H,1-2H3,(H,15,17). The highest BCUT2D eigenvalue weighted by Crippen LogP contribution is 2.21. The molecule has 0 aliphatic heterocycles. The molecule has 0 spiro atoms. The second-order valence-electron chi connectivity index (χ2n) is 3.91. The van der Waals surface area contributed by atoms with Gasteiger partial charge < -0.3 is 10.1 Å². The van der Waals surface area contributed by atoms with Crippen LogP contribution in [0.5, 0.6) is 11.5 Å². The van der Waals surface area contributed by atoms with Crippen LogP contribution in [0, 0.1) is 6.92 Å². The van der Waals surface area contributed by atoms with Gasteiger partial charge in [-0.05, 0) is 30.7 Å². The maximum Gasteiger partial charge on any atom is 0.252 e. The number of rotatable bonds is 3. The highest BCUT2D eigenvalue weighted by Gasteiger charge is 2.05. The number of amides is 1. The van der Waals surface area contributed by atoms with Gasteiger partial charge in [0.1, 0.15) is 11.5 Å². The van der Waals surface area contributed by atoms with E-state index < -0.39 is 0 Å². The first-order valence-corrected chi connectivity index (χ1v) is 5.60. The van der Waals surface area contributed by atoms with Gasteiger partial charge in [0.25, 0.3) is 5.91 Å². The SMILES string of the molecule is CNC(=O)c1cncc(Oc2cccc(C)c2)c1. The maximum absolute atomic E-state index is 11.5. The predicted octanol–water partition coefficient (Wildman–Crippen LogP) is 2.54. The molecule has 1 heterocycles. The molecule has 0 unspecified atom stereocenters. The Labute approximate surface area is 106 Å². The zero-order valence-corrected chi connectivity index (χ0v) is 10.3. The molecule has 2 aromatic rings. The van der Waals surface area contributed by atoms with Crippen molar-refractivity contribution in [1.82, 2.24) is 10.3 Å². The minimum absolute atomic E-state index is 0.183. The Morgan fingerprint density at radius 2 is 2.06 bits per heavy atom. The number of hydrogen-bond acceptors (Lipinski definition) is 3. The van der Waals surface area contributed by atoms with Crippen LogP contribution in [-0.2, 0) is 0 Å². The number of nitrogens with one attached hydrogen (secondary N) is 1. The fourth-order valence-corrected chi connectivity index (χ4v) is 1.56. The van der Waals surface area contributed by atoms with Crippen molar-refractivity contribution in [2.24, 2.45) is 0 Å². The van der Waals surface area contributed by atoms with Gasteiger partial charge in [0.05, 0.1) is 11.8 Å². The lowest BCUT2D eigenvalue weighted by Gasteiger charge is -2.07. The van der Waals surface area contributed by atoms with E-state index in [1.807, 2.05) is 31.2 Å². The lowest BCUT2D eigenvalue weighted by Crippen LogP contribution is -2.17. The quantitative estimate of drug-likeness (QED) is 0.899. The molecule has 0 atom stereocenters. The number of carbonyl (C=O) groups is 1. The predicted molar refractivity (Wildman–Crippen MR) is 68.9 cm³/mol. The van der Waals surface area contributed by atoms with Crippen LogP contribution in [0.25, 0.3) is 0 Å². The summed E-state index contributed by atoms with van der Waals surface area (Å²) in [4.78, 5) is 15.5. The number of carbonyl (C=O) groups excluding carboxylic acids is 1. The Hall–Kier alpha value is -2.36. The molecule has 1 aromatic carbocycles. The number of pyridine rings is 1. The molecular weight excluding hydrogens is 228 g/mol. The summed E-state index contributed by atoms with van der Waals surface area (Å²) < 4.78 is 5.65. The van der Waals surface area contributed by atoms with Gasteiger partial charge in [-0.1, -0.05) is 12.1 Å². The minimum atomic E-state index is -0.183. The molecule has 4 nitrogen and oxygen atoms in total. The molecular formula is C14H14N2O2. The van der Waals surface area contributed by atoms with Crippen molar-refractivity contribution in [1.29, 1.82) is 0 Å². The first-order chi connectivity index (χ1) is 8.69. The van der Waals surface area contributed by atoms with Crippen molar-refractivity contribution >= 4 is 5.91 Å². The van der Waals surface area contributed by atoms with E-state index in [1.165, 1.54) is 6.20 Å². The summed E-state index contributed by atoms with van der Waals surface area (Å²) in [6.45, 7) is 1.99. The second-order valence-corrected chi connectivity index (χ2v) is 3.91. The highest BCUT2D eigenvalue weighted by atomic mass is 16.5. The number of nitrogens with zero attached hydrogens (tertiary/aromatic N) is 1. The van der Waals surface area contributed by atoms with Crippen molar-refractivity contribution in [2.45, 2.75) is 6.92 Å². The van der Waals surface area contributed by atoms with Crippen LogP contribution in [0.3, 0.4) is 0 Å². The normalized spacial score (nSPS) is 9.89. The van der Waals surface area contributed by atoms with Crippen LogP contribution in [0.2, 0.25) is 0 Å². The van der Waals surface area contributed by atoms with Crippen LogP contribution in [0.4, 0.5) is 0 Å². The van der Waals surface area contributed by atoms with E-state index in [4.69, 9.17) is 4.74 Å². The van der Waals surface area contributed by atoms with E-state index in [-0.39, 0.29) is 5.91 Å². The largest absolute Gasteiger partial charge is 0.456 e. The fraction of sp³-hybridized carbons (Fsp3) is 0.143. The van der Waals surface area contributed by atoms with Gasteiger partial charge in [0.2, 0.25) is 0 Å². The Morgan fingerprint density at radius 1 is 1.22 bits per heavy atom. The van der Waals surface area contributed by atoms with Crippen molar-refractivity contribution in [3.63, 3.8) is 0 Å². The molecule has 2 rings (SSSR count). The zero-order valence-electron chi connectivity index (χ0n) is 10.3. The average Bonchev–Trinajstić information content (AvgIpc) is 2.38. The summed E-state index contributed by atoms with van der Waals surface area (Å²) in [6, 6.07) is 9.35. The van der Waals surface area contributed by atoms with Crippen LogP contribution < -0.4 is 10.1 Å². The summed E-state index contributed by atoms with van der Waals surface area (Å²) in [5.41, 5.74) is 1.59. The molecule has 1 amide bonds. The van der Waals surface area contributed by atoms with E-state index in [1.54, 1.807) is 19.3 Å². The Balaban J connectivity index is 2.22. The molecule has 4 heteroatoms. The molecule has 1 N–H and O–H groups in total. The van der Waals surface area contributed by atoms with Gasteiger partial charge in [-0.25, -0.2) is 0 Å². The van der Waals surface area contributed by atoms with Gasteiger partial charge in [0.15, 0.2) is 0 Å². The molecule has 0 saturated carbocycles. The molecule has 0 aliphatic rings. The van der Waals surface area contributed by atoms with Crippen molar-refractivity contribution < 1.29 is 9.53 Å². The van der Waals surface area contributed by atoms with Gasteiger partial charge in [-0.2, -0.15) is 0 Å². The van der Waals surface area contributed by atoms with Crippen LogP contribution >= 0.6 is 0 Å². The molecule has 0 radical (unpaired) electrons. The molecule has 0 saturated heterocycles. The summed E-state index contributed by atoms with van der Waals surface area (Å²) in [6.07, 6.45) is 3.08. The van der Waals surface area contributed by atoms with Gasteiger partial charge >= 0.3 is 0 Å². The second kappa shape index (κ2) is 5.31. The zero-order chi connectivity index (χ0) is 13.0. The third kappa shape index (κ3) is 2.85. The first kappa shape index (κ1) is 12.1. The van der Waals surface area contributed by atoms with Crippen LogP contribution in [0.1, 0.15) is 15.9 Å². The first-order valence-electron chi connectivity index (χ1n) is 5.60. The van der Waals surface area contributed by atoms with E-state index in [9.17, 15) is 4.79 Å².